The average Bonchev–Trinajstić information content (AvgIpc) is 3.37. The Kier molecular flexibility index (Phi) is 3.75. The van der Waals surface area contributed by atoms with Crippen molar-refractivity contribution in [2.24, 2.45) is 0 Å². The molecule has 0 spiro atoms. The number of halogens is 3. The largest absolute Gasteiger partial charge is 0.453 e. The van der Waals surface area contributed by atoms with Crippen LogP contribution in [-0.2, 0) is 6.18 Å². The van der Waals surface area contributed by atoms with Crippen LogP contribution in [0, 0.1) is 6.92 Å². The summed E-state index contributed by atoms with van der Waals surface area (Å²) in [7, 11) is 0. The van der Waals surface area contributed by atoms with E-state index in [0.717, 1.165) is 34.2 Å². The van der Waals surface area contributed by atoms with E-state index in [1.165, 1.54) is 5.56 Å². The second-order valence-corrected chi connectivity index (χ2v) is 6.57. The summed E-state index contributed by atoms with van der Waals surface area (Å²) >= 11 is 0. The Balaban J connectivity index is 1.89. The molecule has 0 unspecified atom stereocenters. The van der Waals surface area contributed by atoms with Crippen LogP contribution in [0.25, 0.3) is 16.8 Å². The number of nitrogen functional groups attached to an aromatic ring is 1. The van der Waals surface area contributed by atoms with Crippen molar-refractivity contribution in [3.63, 3.8) is 0 Å². The number of nitrogens with two attached hydrogens (primary N) is 1. The van der Waals surface area contributed by atoms with Crippen molar-refractivity contribution in [1.82, 2.24) is 14.8 Å². The first-order valence-electron chi connectivity index (χ1n) is 8.34. The smallest absolute Gasteiger partial charge is 0.368 e. The lowest BCUT2D eigenvalue weighted by Crippen LogP contribution is -2.09. The highest BCUT2D eigenvalue weighted by molar-refractivity contribution is 5.72. The molecule has 7 heteroatoms. The second kappa shape index (κ2) is 5.86. The number of aryl methyl sites for hydroxylation is 1. The minimum absolute atomic E-state index is 0.279. The molecular formula is C19H17F3N4. The molecule has 0 atom stereocenters. The number of hydrogen-bond donors (Lipinski definition) is 1. The van der Waals surface area contributed by atoms with Gasteiger partial charge in [-0.1, -0.05) is 36.4 Å². The molecule has 26 heavy (non-hydrogen) atoms. The molecule has 3 aromatic rings. The number of alkyl halides is 3. The third-order valence-corrected chi connectivity index (χ3v) is 4.58. The summed E-state index contributed by atoms with van der Waals surface area (Å²) in [5.41, 5.74) is 10.3. The van der Waals surface area contributed by atoms with Crippen LogP contribution in [0.3, 0.4) is 0 Å². The molecule has 1 aliphatic carbocycles. The fourth-order valence-corrected chi connectivity index (χ4v) is 3.17. The highest BCUT2D eigenvalue weighted by Gasteiger charge is 2.37. The SMILES string of the molecule is Cc1cc(C2CC2)c(-c2ccccc2)cc1-n1nc(C(F)(F)F)nc1N. The summed E-state index contributed by atoms with van der Waals surface area (Å²) in [6.07, 6.45) is -2.38. The molecule has 1 saturated carbocycles. The van der Waals surface area contributed by atoms with Gasteiger partial charge in [0.05, 0.1) is 5.69 Å². The van der Waals surface area contributed by atoms with Crippen LogP contribution >= 0.6 is 0 Å². The summed E-state index contributed by atoms with van der Waals surface area (Å²) in [6, 6.07) is 13.7. The van der Waals surface area contributed by atoms with Gasteiger partial charge in [0.15, 0.2) is 0 Å². The molecule has 0 radical (unpaired) electrons. The molecule has 4 rings (SSSR count). The van der Waals surface area contributed by atoms with Crippen molar-refractivity contribution in [2.75, 3.05) is 5.73 Å². The average molecular weight is 358 g/mol. The molecule has 1 fully saturated rings. The van der Waals surface area contributed by atoms with E-state index < -0.39 is 12.0 Å². The highest BCUT2D eigenvalue weighted by Crippen LogP contribution is 2.45. The number of benzene rings is 2. The van der Waals surface area contributed by atoms with Crippen LogP contribution in [-0.4, -0.2) is 14.8 Å². The minimum Gasteiger partial charge on any atom is -0.368 e. The van der Waals surface area contributed by atoms with E-state index in [-0.39, 0.29) is 5.95 Å². The molecule has 2 aromatic carbocycles. The van der Waals surface area contributed by atoms with E-state index in [2.05, 4.69) is 10.1 Å². The normalized spacial score (nSPS) is 14.6. The Morgan fingerprint density at radius 3 is 2.38 bits per heavy atom. The van der Waals surface area contributed by atoms with Crippen molar-refractivity contribution in [1.29, 1.82) is 0 Å². The first-order valence-corrected chi connectivity index (χ1v) is 8.34. The molecule has 1 aliphatic rings. The van der Waals surface area contributed by atoms with Gasteiger partial charge in [-0.15, -0.1) is 5.10 Å². The molecule has 0 aliphatic heterocycles. The lowest BCUT2D eigenvalue weighted by Gasteiger charge is -2.15. The van der Waals surface area contributed by atoms with Crippen LogP contribution in [0.15, 0.2) is 42.5 Å². The van der Waals surface area contributed by atoms with E-state index in [9.17, 15) is 13.2 Å². The minimum atomic E-state index is -4.64. The third-order valence-electron chi connectivity index (χ3n) is 4.58. The maximum absolute atomic E-state index is 12.9. The number of hydrogen-bond acceptors (Lipinski definition) is 3. The van der Waals surface area contributed by atoms with Crippen LogP contribution in [0.2, 0.25) is 0 Å². The van der Waals surface area contributed by atoms with Gasteiger partial charge in [0.2, 0.25) is 5.95 Å². The fraction of sp³-hybridized carbons (Fsp3) is 0.263. The Bertz CT molecular complexity index is 957. The first-order chi connectivity index (χ1) is 12.3. The molecule has 1 heterocycles. The van der Waals surface area contributed by atoms with E-state index in [1.54, 1.807) is 0 Å². The Morgan fingerprint density at radius 2 is 1.81 bits per heavy atom. The zero-order chi connectivity index (χ0) is 18.5. The Morgan fingerprint density at radius 1 is 1.12 bits per heavy atom. The fourth-order valence-electron chi connectivity index (χ4n) is 3.17. The zero-order valence-electron chi connectivity index (χ0n) is 14.1. The van der Waals surface area contributed by atoms with Crippen molar-refractivity contribution in [3.8, 4) is 16.8 Å². The van der Waals surface area contributed by atoms with Gasteiger partial charge < -0.3 is 5.73 Å². The van der Waals surface area contributed by atoms with Crippen LogP contribution < -0.4 is 5.73 Å². The van der Waals surface area contributed by atoms with E-state index in [0.29, 0.717) is 11.6 Å². The van der Waals surface area contributed by atoms with E-state index in [4.69, 9.17) is 5.73 Å². The van der Waals surface area contributed by atoms with Crippen molar-refractivity contribution in [3.05, 3.63) is 59.4 Å². The number of nitrogens with zero attached hydrogens (tertiary/aromatic N) is 3. The number of rotatable bonds is 3. The molecule has 1 aromatic heterocycles. The molecule has 134 valence electrons. The lowest BCUT2D eigenvalue weighted by molar-refractivity contribution is -0.144. The number of anilines is 1. The van der Waals surface area contributed by atoms with Gasteiger partial charge >= 0.3 is 6.18 Å². The standard InChI is InChI=1S/C19H17F3N4/c1-11-9-14(13-7-8-13)15(12-5-3-2-4-6-12)10-16(11)26-18(23)24-17(25-26)19(20,21)22/h2-6,9-10,13H,7-8H2,1H3,(H2,23,24,25). The summed E-state index contributed by atoms with van der Waals surface area (Å²) in [5, 5.41) is 3.59. The number of aromatic nitrogens is 3. The van der Waals surface area contributed by atoms with Crippen molar-refractivity contribution in [2.45, 2.75) is 31.9 Å². The summed E-state index contributed by atoms with van der Waals surface area (Å²) in [5.74, 6) is -1.02. The van der Waals surface area contributed by atoms with Gasteiger partial charge in [0.25, 0.3) is 5.82 Å². The summed E-state index contributed by atoms with van der Waals surface area (Å²) in [4.78, 5) is 3.38. The van der Waals surface area contributed by atoms with Gasteiger partial charge in [-0.2, -0.15) is 22.8 Å². The molecule has 0 bridgehead atoms. The monoisotopic (exact) mass is 358 g/mol. The Labute approximate surface area is 148 Å². The zero-order valence-corrected chi connectivity index (χ0v) is 14.1. The van der Waals surface area contributed by atoms with Crippen LogP contribution in [0.5, 0.6) is 0 Å². The molecular weight excluding hydrogens is 341 g/mol. The summed E-state index contributed by atoms with van der Waals surface area (Å²) in [6.45, 7) is 1.85. The van der Waals surface area contributed by atoms with Crippen molar-refractivity contribution < 1.29 is 13.2 Å². The first kappa shape index (κ1) is 16.6. The van der Waals surface area contributed by atoms with E-state index >= 15 is 0 Å². The van der Waals surface area contributed by atoms with Crippen LogP contribution in [0.4, 0.5) is 19.1 Å². The third kappa shape index (κ3) is 2.94. The van der Waals surface area contributed by atoms with Gasteiger partial charge in [-0.25, -0.2) is 0 Å². The maximum atomic E-state index is 12.9. The quantitative estimate of drug-likeness (QED) is 0.737. The molecule has 0 saturated heterocycles. The van der Waals surface area contributed by atoms with Crippen LogP contribution in [0.1, 0.15) is 35.7 Å². The Hall–Kier alpha value is -2.83. The maximum Gasteiger partial charge on any atom is 0.453 e. The van der Waals surface area contributed by atoms with Gasteiger partial charge in [-0.3, -0.25) is 0 Å². The molecule has 4 nitrogen and oxygen atoms in total. The molecule has 2 N–H and O–H groups in total. The summed E-state index contributed by atoms with van der Waals surface area (Å²) < 4.78 is 39.8. The van der Waals surface area contributed by atoms with Gasteiger partial charge in [0.1, 0.15) is 0 Å². The van der Waals surface area contributed by atoms with E-state index in [1.807, 2.05) is 49.4 Å². The van der Waals surface area contributed by atoms with Gasteiger partial charge in [0, 0.05) is 0 Å². The molecule has 0 amide bonds. The predicted octanol–water partition coefficient (Wildman–Crippen LogP) is 4.72. The van der Waals surface area contributed by atoms with Crippen molar-refractivity contribution >= 4 is 5.95 Å². The highest BCUT2D eigenvalue weighted by atomic mass is 19.4. The van der Waals surface area contributed by atoms with Gasteiger partial charge in [-0.05, 0) is 54.0 Å². The predicted molar refractivity (Wildman–Crippen MR) is 92.9 cm³/mol. The lowest BCUT2D eigenvalue weighted by atomic mass is 9.94. The topological polar surface area (TPSA) is 56.7 Å². The second-order valence-electron chi connectivity index (χ2n) is 6.57.